The fourth-order valence-electron chi connectivity index (χ4n) is 6.41. The Kier molecular flexibility index (Phi) is 5.45. The minimum atomic E-state index is 0.121. The third-order valence-corrected chi connectivity index (χ3v) is 7.67. The summed E-state index contributed by atoms with van der Waals surface area (Å²) >= 11 is 0. The Bertz CT molecular complexity index is 639. The molecule has 6 atom stereocenters. The van der Waals surface area contributed by atoms with Crippen LogP contribution in [-0.2, 0) is 23.7 Å². The van der Waals surface area contributed by atoms with Crippen LogP contribution in [0.4, 0.5) is 0 Å². The van der Waals surface area contributed by atoms with E-state index in [2.05, 4.69) is 13.0 Å². The minimum Gasteiger partial charge on any atom is -0.464 e. The molecule has 0 bridgehead atoms. The van der Waals surface area contributed by atoms with Gasteiger partial charge in [0.25, 0.3) is 0 Å². The van der Waals surface area contributed by atoms with E-state index in [1.54, 1.807) is 14.2 Å². The number of hydrogen-bond donors (Lipinski definition) is 0. The number of ether oxygens (including phenoxy) is 4. The van der Waals surface area contributed by atoms with E-state index in [1.165, 1.54) is 24.8 Å². The Hall–Kier alpha value is -1.17. The number of Topliss-reactive ketones (excluding diaryl/α,β-unsaturated/α-hetero) is 1. The highest BCUT2D eigenvalue weighted by Gasteiger charge is 2.56. The lowest BCUT2D eigenvalue weighted by Gasteiger charge is -2.52. The maximum atomic E-state index is 12.6. The maximum Gasteiger partial charge on any atom is 0.198 e. The van der Waals surface area contributed by atoms with Gasteiger partial charge in [-0.15, -0.1) is 0 Å². The fraction of sp³-hybridized carbons (Fsp3) is 0.773. The molecule has 0 N–H and O–H groups in total. The van der Waals surface area contributed by atoms with Crippen LogP contribution in [0.1, 0.15) is 45.4 Å². The van der Waals surface area contributed by atoms with Crippen molar-refractivity contribution < 1.29 is 23.7 Å². The summed E-state index contributed by atoms with van der Waals surface area (Å²) in [5.41, 5.74) is 1.54. The SMILES string of the molecule is COCOC1=CC2=CC[C@@H]3[C@H](CC[C@]4(C)C(OCOC)CC[C@@H]34)[C@H]2CC1=O. The van der Waals surface area contributed by atoms with E-state index in [-0.39, 0.29) is 18.0 Å². The molecule has 5 nitrogen and oxygen atoms in total. The Morgan fingerprint density at radius 1 is 1.11 bits per heavy atom. The minimum absolute atomic E-state index is 0.121. The van der Waals surface area contributed by atoms with Crippen LogP contribution < -0.4 is 0 Å². The lowest BCUT2D eigenvalue weighted by atomic mass is 9.53. The third kappa shape index (κ3) is 3.28. The molecule has 0 aliphatic heterocycles. The van der Waals surface area contributed by atoms with Gasteiger partial charge in [0.2, 0.25) is 0 Å². The first kappa shape index (κ1) is 19.2. The molecule has 0 aromatic rings. The zero-order valence-corrected chi connectivity index (χ0v) is 16.7. The highest BCUT2D eigenvalue weighted by molar-refractivity contribution is 5.95. The maximum absolute atomic E-state index is 12.6. The van der Waals surface area contributed by atoms with Crippen LogP contribution in [-0.4, -0.2) is 39.7 Å². The predicted octanol–water partition coefficient (Wildman–Crippen LogP) is 3.84. The van der Waals surface area contributed by atoms with E-state index in [0.29, 0.717) is 48.7 Å². The highest BCUT2D eigenvalue weighted by atomic mass is 16.7. The summed E-state index contributed by atoms with van der Waals surface area (Å²) in [5, 5.41) is 0. The molecule has 1 unspecified atom stereocenters. The van der Waals surface area contributed by atoms with Crippen molar-refractivity contribution in [3.8, 4) is 0 Å². The number of ketones is 1. The first-order chi connectivity index (χ1) is 13.1. The monoisotopic (exact) mass is 376 g/mol. The van der Waals surface area contributed by atoms with Crippen molar-refractivity contribution in [3.63, 3.8) is 0 Å². The van der Waals surface area contributed by atoms with Gasteiger partial charge in [0.05, 0.1) is 6.10 Å². The first-order valence-corrected chi connectivity index (χ1v) is 10.3. The lowest BCUT2D eigenvalue weighted by molar-refractivity contribution is -0.133. The number of carbonyl (C=O) groups excluding carboxylic acids is 1. The van der Waals surface area contributed by atoms with Crippen LogP contribution in [0.3, 0.4) is 0 Å². The number of allylic oxidation sites excluding steroid dienone is 4. The van der Waals surface area contributed by atoms with E-state index in [0.717, 1.165) is 12.8 Å². The van der Waals surface area contributed by atoms with E-state index in [1.807, 2.05) is 6.08 Å². The molecule has 4 aliphatic carbocycles. The summed E-state index contributed by atoms with van der Waals surface area (Å²) in [6, 6.07) is 0. The summed E-state index contributed by atoms with van der Waals surface area (Å²) in [7, 11) is 3.27. The fourth-order valence-corrected chi connectivity index (χ4v) is 6.41. The van der Waals surface area contributed by atoms with Crippen LogP contribution in [0.5, 0.6) is 0 Å². The summed E-state index contributed by atoms with van der Waals surface area (Å²) in [5.74, 6) is 2.89. The molecule has 2 fully saturated rings. The van der Waals surface area contributed by atoms with Gasteiger partial charge >= 0.3 is 0 Å². The van der Waals surface area contributed by atoms with E-state index in [4.69, 9.17) is 18.9 Å². The summed E-state index contributed by atoms with van der Waals surface area (Å²) in [6.07, 6.45) is 11.0. The Balaban J connectivity index is 1.53. The second-order valence-electron chi connectivity index (χ2n) is 8.85. The number of rotatable bonds is 6. The van der Waals surface area contributed by atoms with Gasteiger partial charge in [-0.2, -0.15) is 0 Å². The molecule has 27 heavy (non-hydrogen) atoms. The second kappa shape index (κ2) is 7.69. The average molecular weight is 376 g/mol. The molecule has 2 saturated carbocycles. The van der Waals surface area contributed by atoms with Crippen LogP contribution >= 0.6 is 0 Å². The molecule has 0 radical (unpaired) electrons. The summed E-state index contributed by atoms with van der Waals surface area (Å²) in [4.78, 5) is 12.6. The molecular weight excluding hydrogens is 344 g/mol. The predicted molar refractivity (Wildman–Crippen MR) is 101 cm³/mol. The Labute approximate surface area is 162 Å². The van der Waals surface area contributed by atoms with Crippen LogP contribution in [0.2, 0.25) is 0 Å². The third-order valence-electron chi connectivity index (χ3n) is 7.67. The number of carbonyl (C=O) groups is 1. The van der Waals surface area contributed by atoms with Gasteiger partial charge in [0.15, 0.2) is 18.3 Å². The van der Waals surface area contributed by atoms with Crippen LogP contribution in [0.15, 0.2) is 23.5 Å². The quantitative estimate of drug-likeness (QED) is 0.659. The molecule has 0 heterocycles. The molecule has 0 saturated heterocycles. The number of methoxy groups -OCH3 is 2. The number of fused-ring (bicyclic) bond motifs is 5. The molecule has 0 aromatic heterocycles. The average Bonchev–Trinajstić information content (AvgIpc) is 3.01. The van der Waals surface area contributed by atoms with Crippen molar-refractivity contribution in [1.29, 1.82) is 0 Å². The zero-order valence-electron chi connectivity index (χ0n) is 16.7. The highest BCUT2D eigenvalue weighted by Crippen LogP contribution is 2.61. The van der Waals surface area contributed by atoms with Crippen molar-refractivity contribution in [2.24, 2.45) is 29.1 Å². The summed E-state index contributed by atoms with van der Waals surface area (Å²) in [6.45, 7) is 2.94. The van der Waals surface area contributed by atoms with Gasteiger partial charge < -0.3 is 18.9 Å². The Morgan fingerprint density at radius 3 is 2.70 bits per heavy atom. The molecule has 4 rings (SSSR count). The molecular formula is C22H32O5. The molecule has 0 aromatic carbocycles. The van der Waals surface area contributed by atoms with Crippen LogP contribution in [0, 0.1) is 29.1 Å². The van der Waals surface area contributed by atoms with Crippen molar-refractivity contribution in [2.45, 2.75) is 51.6 Å². The standard InChI is InChI=1S/C22H32O5/c1-22-9-8-15-16(18(22)6-7-21(22)27-13-25-3)5-4-14-10-20(26-12-24-2)19(23)11-17(14)15/h4,10,15-18,21H,5-9,11-13H2,1-3H3/t15-,16+,17-,18-,21?,22-/m0/s1. The molecule has 0 amide bonds. The van der Waals surface area contributed by atoms with Gasteiger partial charge in [-0.1, -0.05) is 13.0 Å². The van der Waals surface area contributed by atoms with Crippen LogP contribution in [0.25, 0.3) is 0 Å². The molecule has 5 heteroatoms. The second-order valence-corrected chi connectivity index (χ2v) is 8.85. The van der Waals surface area contributed by atoms with Crippen molar-refractivity contribution in [1.82, 2.24) is 0 Å². The van der Waals surface area contributed by atoms with Crippen molar-refractivity contribution in [3.05, 3.63) is 23.5 Å². The number of hydrogen-bond acceptors (Lipinski definition) is 5. The van der Waals surface area contributed by atoms with Gasteiger partial charge in [-0.05, 0) is 72.8 Å². The normalized spacial score (nSPS) is 40.6. The van der Waals surface area contributed by atoms with Gasteiger partial charge in [0, 0.05) is 20.6 Å². The first-order valence-electron chi connectivity index (χ1n) is 10.3. The smallest absolute Gasteiger partial charge is 0.198 e. The van der Waals surface area contributed by atoms with Crippen molar-refractivity contribution in [2.75, 3.05) is 27.8 Å². The summed E-state index contributed by atoms with van der Waals surface area (Å²) < 4.78 is 21.7. The Morgan fingerprint density at radius 2 is 1.93 bits per heavy atom. The zero-order chi connectivity index (χ0) is 19.0. The molecule has 4 aliphatic rings. The van der Waals surface area contributed by atoms with Gasteiger partial charge in [-0.25, -0.2) is 0 Å². The van der Waals surface area contributed by atoms with E-state index < -0.39 is 0 Å². The largest absolute Gasteiger partial charge is 0.464 e. The lowest BCUT2D eigenvalue weighted by Crippen LogP contribution is -2.47. The molecule has 0 spiro atoms. The van der Waals surface area contributed by atoms with E-state index >= 15 is 0 Å². The topological polar surface area (TPSA) is 54.0 Å². The molecule has 150 valence electrons. The van der Waals surface area contributed by atoms with Crippen molar-refractivity contribution >= 4 is 5.78 Å². The van der Waals surface area contributed by atoms with Gasteiger partial charge in [-0.3, -0.25) is 4.79 Å². The van der Waals surface area contributed by atoms with Gasteiger partial charge in [0.1, 0.15) is 6.79 Å². The van der Waals surface area contributed by atoms with E-state index in [9.17, 15) is 4.79 Å².